The van der Waals surface area contributed by atoms with Crippen molar-refractivity contribution in [3.63, 3.8) is 0 Å². The summed E-state index contributed by atoms with van der Waals surface area (Å²) >= 11 is 1.33. The van der Waals surface area contributed by atoms with E-state index in [2.05, 4.69) is 10.3 Å². The Labute approximate surface area is 160 Å². The number of esters is 1. The lowest BCUT2D eigenvalue weighted by molar-refractivity contribution is -0.143. The van der Waals surface area contributed by atoms with Crippen LogP contribution in [-0.2, 0) is 9.53 Å². The largest absolute Gasteiger partial charge is 0.496 e. The predicted octanol–water partition coefficient (Wildman–Crippen LogP) is 3.46. The van der Waals surface area contributed by atoms with Crippen LogP contribution in [0.3, 0.4) is 0 Å². The molecule has 138 valence electrons. The molecule has 1 atom stereocenters. The second-order valence-corrected chi connectivity index (χ2v) is 6.44. The molecule has 0 fully saturated rings. The van der Waals surface area contributed by atoms with Gasteiger partial charge in [0.15, 0.2) is 6.04 Å². The van der Waals surface area contributed by atoms with Crippen LogP contribution in [0.1, 0.15) is 22.1 Å². The molecule has 1 aromatic heterocycles. The van der Waals surface area contributed by atoms with Gasteiger partial charge in [0.1, 0.15) is 16.5 Å². The number of carbonyl (C=O) groups is 2. The van der Waals surface area contributed by atoms with Gasteiger partial charge in [-0.3, -0.25) is 4.79 Å². The molecule has 3 rings (SSSR count). The van der Waals surface area contributed by atoms with E-state index in [4.69, 9.17) is 9.47 Å². The van der Waals surface area contributed by atoms with E-state index < -0.39 is 17.9 Å². The van der Waals surface area contributed by atoms with Gasteiger partial charge in [0.05, 0.1) is 19.8 Å². The third-order valence-electron chi connectivity index (χ3n) is 3.92. The summed E-state index contributed by atoms with van der Waals surface area (Å²) < 4.78 is 10.2. The monoisotopic (exact) mass is 382 g/mol. The van der Waals surface area contributed by atoms with Crippen molar-refractivity contribution in [2.45, 2.75) is 6.04 Å². The maximum atomic E-state index is 12.6. The average molecular weight is 382 g/mol. The van der Waals surface area contributed by atoms with E-state index in [0.29, 0.717) is 16.3 Å². The molecular formula is C20H18N2O4S. The van der Waals surface area contributed by atoms with E-state index >= 15 is 0 Å². The zero-order valence-electron chi connectivity index (χ0n) is 14.8. The smallest absolute Gasteiger partial charge is 0.333 e. The molecule has 27 heavy (non-hydrogen) atoms. The van der Waals surface area contributed by atoms with Crippen LogP contribution >= 0.6 is 11.3 Å². The lowest BCUT2D eigenvalue weighted by atomic mass is 10.1. The molecule has 1 heterocycles. The number of methoxy groups -OCH3 is 2. The van der Waals surface area contributed by atoms with Gasteiger partial charge in [0.25, 0.3) is 5.91 Å². The highest BCUT2D eigenvalue weighted by Crippen LogP contribution is 2.32. The molecule has 0 radical (unpaired) electrons. The third kappa shape index (κ3) is 4.15. The number of nitrogens with one attached hydrogen (secondary N) is 1. The number of para-hydroxylation sites is 1. The van der Waals surface area contributed by atoms with Crippen molar-refractivity contribution in [2.24, 2.45) is 0 Å². The molecule has 0 aliphatic rings. The fourth-order valence-corrected chi connectivity index (χ4v) is 3.40. The second kappa shape index (κ2) is 8.46. The van der Waals surface area contributed by atoms with Crippen LogP contribution in [-0.4, -0.2) is 31.1 Å². The predicted molar refractivity (Wildman–Crippen MR) is 103 cm³/mol. The Balaban J connectivity index is 1.83. The first-order valence-corrected chi connectivity index (χ1v) is 9.04. The Kier molecular flexibility index (Phi) is 5.83. The first-order chi connectivity index (χ1) is 13.1. The normalized spacial score (nSPS) is 11.5. The summed E-state index contributed by atoms with van der Waals surface area (Å²) in [4.78, 5) is 29.2. The Bertz CT molecular complexity index is 940. The number of benzene rings is 2. The van der Waals surface area contributed by atoms with Crippen molar-refractivity contribution in [3.05, 3.63) is 71.2 Å². The van der Waals surface area contributed by atoms with Gasteiger partial charge >= 0.3 is 5.97 Å². The molecule has 1 amide bonds. The number of aromatic nitrogens is 1. The van der Waals surface area contributed by atoms with E-state index in [1.54, 1.807) is 36.8 Å². The molecule has 0 bridgehead atoms. The van der Waals surface area contributed by atoms with Crippen molar-refractivity contribution >= 4 is 23.2 Å². The first kappa shape index (κ1) is 18.6. The van der Waals surface area contributed by atoms with Gasteiger partial charge in [-0.2, -0.15) is 0 Å². The molecule has 1 N–H and O–H groups in total. The highest BCUT2D eigenvalue weighted by molar-refractivity contribution is 7.13. The summed E-state index contributed by atoms with van der Waals surface area (Å²) in [7, 11) is 2.87. The molecule has 0 unspecified atom stereocenters. The van der Waals surface area contributed by atoms with Crippen molar-refractivity contribution in [2.75, 3.05) is 14.2 Å². The number of amides is 1. The topological polar surface area (TPSA) is 77.5 Å². The van der Waals surface area contributed by atoms with Gasteiger partial charge in [0.2, 0.25) is 0 Å². The Morgan fingerprint density at radius 3 is 2.44 bits per heavy atom. The number of hydrogen-bond donors (Lipinski definition) is 1. The van der Waals surface area contributed by atoms with Crippen molar-refractivity contribution in [1.82, 2.24) is 10.3 Å². The summed E-state index contributed by atoms with van der Waals surface area (Å²) in [6.07, 6.45) is 0. The van der Waals surface area contributed by atoms with Crippen LogP contribution in [0, 0.1) is 0 Å². The zero-order valence-corrected chi connectivity index (χ0v) is 15.7. The minimum atomic E-state index is -0.903. The summed E-state index contributed by atoms with van der Waals surface area (Å²) in [5, 5.41) is 5.00. The first-order valence-electron chi connectivity index (χ1n) is 8.16. The number of rotatable bonds is 6. The lowest BCUT2D eigenvalue weighted by Crippen LogP contribution is -2.34. The fraction of sp³-hybridized carbons (Fsp3) is 0.150. The molecule has 0 aliphatic carbocycles. The number of hydrogen-bond acceptors (Lipinski definition) is 6. The van der Waals surface area contributed by atoms with Gasteiger partial charge in [-0.1, -0.05) is 42.5 Å². The Morgan fingerprint density at radius 1 is 1.04 bits per heavy atom. The van der Waals surface area contributed by atoms with Crippen LogP contribution in [0.4, 0.5) is 0 Å². The van der Waals surface area contributed by atoms with Gasteiger partial charge in [0, 0.05) is 5.38 Å². The maximum absolute atomic E-state index is 12.6. The summed E-state index contributed by atoms with van der Waals surface area (Å²) in [5.41, 5.74) is 1.67. The lowest BCUT2D eigenvalue weighted by Gasteiger charge is -2.16. The summed E-state index contributed by atoms with van der Waals surface area (Å²) in [5.74, 6) is -0.322. The third-order valence-corrected chi connectivity index (χ3v) is 4.80. The molecule has 0 spiro atoms. The van der Waals surface area contributed by atoms with Gasteiger partial charge in [-0.05, 0) is 17.7 Å². The molecule has 6 nitrogen and oxygen atoms in total. The van der Waals surface area contributed by atoms with Crippen LogP contribution < -0.4 is 10.1 Å². The average Bonchev–Trinajstić information content (AvgIpc) is 3.22. The van der Waals surface area contributed by atoms with E-state index in [1.807, 2.05) is 30.3 Å². The van der Waals surface area contributed by atoms with Crippen LogP contribution in [0.15, 0.2) is 60.0 Å². The molecule has 0 aliphatic heterocycles. The maximum Gasteiger partial charge on any atom is 0.333 e. The van der Waals surface area contributed by atoms with E-state index in [9.17, 15) is 9.59 Å². The SMILES string of the molecule is COC(=O)[C@H](NC(=O)c1csc(-c2ccccc2OC)n1)c1ccccc1. The minimum Gasteiger partial charge on any atom is -0.496 e. The van der Waals surface area contributed by atoms with Crippen LogP contribution in [0.25, 0.3) is 10.6 Å². The quantitative estimate of drug-likeness (QED) is 0.661. The molecule has 2 aromatic carbocycles. The van der Waals surface area contributed by atoms with Crippen molar-refractivity contribution < 1.29 is 19.1 Å². The molecule has 0 saturated heterocycles. The second-order valence-electron chi connectivity index (χ2n) is 5.58. The number of ether oxygens (including phenoxy) is 2. The van der Waals surface area contributed by atoms with E-state index in [0.717, 1.165) is 5.56 Å². The molecule has 3 aromatic rings. The van der Waals surface area contributed by atoms with Crippen molar-refractivity contribution in [3.8, 4) is 16.3 Å². The van der Waals surface area contributed by atoms with Gasteiger partial charge < -0.3 is 14.8 Å². The number of thiazole rings is 1. The highest BCUT2D eigenvalue weighted by Gasteiger charge is 2.25. The van der Waals surface area contributed by atoms with E-state index in [-0.39, 0.29) is 5.69 Å². The standard InChI is InChI=1S/C20H18N2O4S/c1-25-16-11-7-6-10-14(16)19-21-15(12-27-19)18(23)22-17(20(24)26-2)13-8-4-3-5-9-13/h3-12,17H,1-2H3,(H,22,23)/t17-/m1/s1. The van der Waals surface area contributed by atoms with Crippen LogP contribution in [0.2, 0.25) is 0 Å². The van der Waals surface area contributed by atoms with Gasteiger partial charge in [-0.15, -0.1) is 11.3 Å². The zero-order chi connectivity index (χ0) is 19.2. The van der Waals surface area contributed by atoms with E-state index in [1.165, 1.54) is 18.4 Å². The van der Waals surface area contributed by atoms with Gasteiger partial charge in [-0.25, -0.2) is 9.78 Å². The fourth-order valence-electron chi connectivity index (χ4n) is 2.57. The Morgan fingerprint density at radius 2 is 1.74 bits per heavy atom. The van der Waals surface area contributed by atoms with Crippen molar-refractivity contribution in [1.29, 1.82) is 0 Å². The summed E-state index contributed by atoms with van der Waals surface area (Å²) in [6, 6.07) is 15.5. The number of nitrogens with zero attached hydrogens (tertiary/aromatic N) is 1. The van der Waals surface area contributed by atoms with Crippen LogP contribution in [0.5, 0.6) is 5.75 Å². The molecular weight excluding hydrogens is 364 g/mol. The molecule has 7 heteroatoms. The molecule has 0 saturated carbocycles. The highest BCUT2D eigenvalue weighted by atomic mass is 32.1. The Hall–Kier alpha value is -3.19. The number of carbonyl (C=O) groups excluding carboxylic acids is 2. The minimum absolute atomic E-state index is 0.228. The summed E-state index contributed by atoms with van der Waals surface area (Å²) in [6.45, 7) is 0.